The summed E-state index contributed by atoms with van der Waals surface area (Å²) in [5.41, 5.74) is 9.38. The number of alkyl halides is 3. The van der Waals surface area contributed by atoms with Crippen molar-refractivity contribution in [1.29, 1.82) is 0 Å². The molecule has 3 amide bonds. The number of halogens is 3. The molecule has 0 spiro atoms. The van der Waals surface area contributed by atoms with Gasteiger partial charge in [0.15, 0.2) is 11.5 Å². The van der Waals surface area contributed by atoms with E-state index in [1.54, 1.807) is 16.8 Å². The number of nitrogens with one attached hydrogen (secondary N) is 3. The topological polar surface area (TPSA) is 167 Å². The van der Waals surface area contributed by atoms with Gasteiger partial charge >= 0.3 is 18.3 Å². The first-order valence-electron chi connectivity index (χ1n) is 12.5. The fraction of sp³-hybridized carbons (Fsp3) is 0.259. The number of rotatable bonds is 6. The second-order valence-corrected chi connectivity index (χ2v) is 9.27. The van der Waals surface area contributed by atoms with Gasteiger partial charge in [0.1, 0.15) is 0 Å². The van der Waals surface area contributed by atoms with Gasteiger partial charge in [-0.05, 0) is 60.4 Å². The Balaban J connectivity index is 0.000000493. The lowest BCUT2D eigenvalue weighted by atomic mass is 10.0. The van der Waals surface area contributed by atoms with Gasteiger partial charge < -0.3 is 31.9 Å². The number of carbonyl (C=O) groups is 2. The van der Waals surface area contributed by atoms with Crippen molar-refractivity contribution in [1.82, 2.24) is 20.1 Å². The van der Waals surface area contributed by atoms with Crippen LogP contribution in [0.5, 0.6) is 0 Å². The molecule has 1 aliphatic carbocycles. The minimum absolute atomic E-state index is 0.0442. The second kappa shape index (κ2) is 12.1. The summed E-state index contributed by atoms with van der Waals surface area (Å²) in [5, 5.41) is 27.9. The van der Waals surface area contributed by atoms with Crippen LogP contribution < -0.4 is 21.7 Å². The smallest absolute Gasteiger partial charge is 0.416 e. The lowest BCUT2D eigenvalue weighted by molar-refractivity contribution is -0.137. The number of nitrogens with two attached hydrogens (primary N) is 1. The second-order valence-electron chi connectivity index (χ2n) is 9.27. The Morgan fingerprint density at radius 3 is 2.34 bits per heavy atom. The molecule has 2 aromatic heterocycles. The molecule has 11 nitrogen and oxygen atoms in total. The largest absolute Gasteiger partial charge is 0.465 e. The number of carboxylic acid groups (broad SMARTS) is 1. The lowest BCUT2D eigenvalue weighted by Crippen LogP contribution is -2.23. The number of amides is 3. The van der Waals surface area contributed by atoms with Gasteiger partial charge in [0.05, 0.1) is 17.6 Å². The zero-order valence-corrected chi connectivity index (χ0v) is 21.9. The molecule has 0 bridgehead atoms. The van der Waals surface area contributed by atoms with Crippen LogP contribution in [0, 0.1) is 0 Å². The molecule has 4 aromatic rings. The fourth-order valence-corrected chi connectivity index (χ4v) is 4.08. The number of aliphatic hydroxyl groups is 1. The zero-order valence-electron chi connectivity index (χ0n) is 21.9. The van der Waals surface area contributed by atoms with Crippen molar-refractivity contribution in [3.63, 3.8) is 0 Å². The number of nitrogens with zero attached hydrogens (tertiary/aromatic N) is 3. The molecule has 0 aliphatic heterocycles. The predicted molar refractivity (Wildman–Crippen MR) is 148 cm³/mol. The van der Waals surface area contributed by atoms with Crippen molar-refractivity contribution in [3.8, 4) is 11.1 Å². The fourth-order valence-electron chi connectivity index (χ4n) is 4.08. The van der Waals surface area contributed by atoms with Crippen LogP contribution in [0.4, 0.5) is 40.0 Å². The van der Waals surface area contributed by atoms with Gasteiger partial charge in [-0.3, -0.25) is 0 Å². The van der Waals surface area contributed by atoms with E-state index >= 15 is 0 Å². The molecular weight excluding hydrogens is 543 g/mol. The van der Waals surface area contributed by atoms with Crippen LogP contribution in [-0.4, -0.2) is 50.3 Å². The van der Waals surface area contributed by atoms with E-state index in [0.717, 1.165) is 52.8 Å². The molecule has 0 unspecified atom stereocenters. The van der Waals surface area contributed by atoms with Crippen LogP contribution in [0.15, 0.2) is 54.6 Å². The molecule has 41 heavy (non-hydrogen) atoms. The van der Waals surface area contributed by atoms with Gasteiger partial charge in [0.25, 0.3) is 0 Å². The summed E-state index contributed by atoms with van der Waals surface area (Å²) in [7, 11) is 1.81. The first kappa shape index (κ1) is 29.1. The van der Waals surface area contributed by atoms with E-state index in [9.17, 15) is 22.8 Å². The molecule has 0 atom stereocenters. The van der Waals surface area contributed by atoms with Crippen LogP contribution in [0.1, 0.15) is 30.0 Å². The SMILES string of the molecule is Cn1nc(N)c2c(-c3ccc(NC(=O)Nc4cccc(C(F)(F)F)c4)cc3)cc(C3CC3)nc21.O=C(O)NCCO. The third kappa shape index (κ3) is 7.42. The number of urea groups is 1. The van der Waals surface area contributed by atoms with Crippen molar-refractivity contribution in [2.24, 2.45) is 7.05 Å². The van der Waals surface area contributed by atoms with E-state index in [1.165, 1.54) is 12.1 Å². The first-order valence-corrected chi connectivity index (χ1v) is 12.5. The Morgan fingerprint density at radius 1 is 1.07 bits per heavy atom. The van der Waals surface area contributed by atoms with E-state index in [2.05, 4.69) is 15.7 Å². The minimum Gasteiger partial charge on any atom is -0.465 e. The van der Waals surface area contributed by atoms with Crippen molar-refractivity contribution in [2.45, 2.75) is 24.9 Å². The molecule has 7 N–H and O–H groups in total. The zero-order chi connectivity index (χ0) is 29.7. The van der Waals surface area contributed by atoms with Crippen molar-refractivity contribution in [2.75, 3.05) is 29.5 Å². The number of hydrogen-bond donors (Lipinski definition) is 6. The number of benzene rings is 2. The standard InChI is InChI=1S/C24H21F3N6O.C3H7NO3/c1-33-22-20(21(28)32-33)18(12-19(31-22)14-5-6-14)13-7-9-16(10-8-13)29-23(34)30-17-4-2-3-15(11-17)24(25,26)27;5-2-1-4-3(6)7/h2-4,7-12,14H,5-6H2,1H3,(H2,28,32)(H2,29,30,34);4-5H,1-2H2,(H,6,7). The van der Waals surface area contributed by atoms with Gasteiger partial charge in [-0.15, -0.1) is 0 Å². The third-order valence-corrected chi connectivity index (χ3v) is 6.13. The van der Waals surface area contributed by atoms with Gasteiger partial charge in [0, 0.05) is 36.6 Å². The summed E-state index contributed by atoms with van der Waals surface area (Å²) in [5.74, 6) is 0.838. The molecule has 216 valence electrons. The maximum absolute atomic E-state index is 12.9. The molecule has 14 heteroatoms. The Labute approximate surface area is 232 Å². The molecule has 1 saturated carbocycles. The molecule has 0 radical (unpaired) electrons. The maximum Gasteiger partial charge on any atom is 0.416 e. The predicted octanol–water partition coefficient (Wildman–Crippen LogP) is 5.00. The Kier molecular flexibility index (Phi) is 8.62. The number of anilines is 3. The van der Waals surface area contributed by atoms with Crippen LogP contribution in [-0.2, 0) is 13.2 Å². The summed E-state index contributed by atoms with van der Waals surface area (Å²) in [6, 6.07) is 13.0. The van der Waals surface area contributed by atoms with Crippen molar-refractivity contribution < 1.29 is 33.0 Å². The number of hydrogen-bond acceptors (Lipinski definition) is 6. The number of fused-ring (bicyclic) bond motifs is 1. The molecule has 1 aliphatic rings. The van der Waals surface area contributed by atoms with Crippen LogP contribution in [0.3, 0.4) is 0 Å². The summed E-state index contributed by atoms with van der Waals surface area (Å²) in [6.07, 6.45) is -3.38. The third-order valence-electron chi connectivity index (χ3n) is 6.13. The quantitative estimate of drug-likeness (QED) is 0.189. The monoisotopic (exact) mass is 571 g/mol. The molecule has 0 saturated heterocycles. The van der Waals surface area contributed by atoms with E-state index in [0.29, 0.717) is 17.4 Å². The number of aromatic nitrogens is 3. The van der Waals surface area contributed by atoms with E-state index < -0.39 is 23.9 Å². The Hall–Kier alpha value is -4.85. The van der Waals surface area contributed by atoms with E-state index in [1.807, 2.05) is 30.6 Å². The molecular formula is C27H28F3N7O4. The molecule has 5 rings (SSSR count). The average molecular weight is 572 g/mol. The molecule has 2 heterocycles. The van der Waals surface area contributed by atoms with Gasteiger partial charge in [-0.2, -0.15) is 18.3 Å². The number of aliphatic hydroxyl groups excluding tert-OH is 1. The highest BCUT2D eigenvalue weighted by molar-refractivity contribution is 6.02. The molecule has 2 aromatic carbocycles. The highest BCUT2D eigenvalue weighted by atomic mass is 19.4. The Bertz CT molecular complexity index is 1550. The Morgan fingerprint density at radius 2 is 1.76 bits per heavy atom. The summed E-state index contributed by atoms with van der Waals surface area (Å²) >= 11 is 0. The summed E-state index contributed by atoms with van der Waals surface area (Å²) < 4.78 is 40.3. The van der Waals surface area contributed by atoms with Crippen molar-refractivity contribution >= 4 is 40.4 Å². The van der Waals surface area contributed by atoms with Gasteiger partial charge in [-0.25, -0.2) is 19.3 Å². The summed E-state index contributed by atoms with van der Waals surface area (Å²) in [6.45, 7) is -0.0400. The van der Waals surface area contributed by atoms with Gasteiger partial charge in [0.2, 0.25) is 0 Å². The van der Waals surface area contributed by atoms with Crippen LogP contribution in [0.2, 0.25) is 0 Å². The molecule has 1 fully saturated rings. The van der Waals surface area contributed by atoms with E-state index in [-0.39, 0.29) is 18.8 Å². The highest BCUT2D eigenvalue weighted by Gasteiger charge is 2.30. The average Bonchev–Trinajstić information content (AvgIpc) is 3.73. The maximum atomic E-state index is 12.9. The number of aryl methyl sites for hydroxylation is 1. The van der Waals surface area contributed by atoms with Crippen LogP contribution >= 0.6 is 0 Å². The lowest BCUT2D eigenvalue weighted by Gasteiger charge is -2.12. The first-order chi connectivity index (χ1) is 19.5. The summed E-state index contributed by atoms with van der Waals surface area (Å²) in [4.78, 5) is 26.6. The van der Waals surface area contributed by atoms with E-state index in [4.69, 9.17) is 20.9 Å². The van der Waals surface area contributed by atoms with Crippen LogP contribution in [0.25, 0.3) is 22.2 Å². The van der Waals surface area contributed by atoms with Gasteiger partial charge in [-0.1, -0.05) is 18.2 Å². The number of pyridine rings is 1. The van der Waals surface area contributed by atoms with Crippen molar-refractivity contribution in [3.05, 3.63) is 65.9 Å². The minimum atomic E-state index is -4.49. The number of carbonyl (C=O) groups excluding carboxylic acids is 1. The highest BCUT2D eigenvalue weighted by Crippen LogP contribution is 2.42. The normalized spacial score (nSPS) is 12.8. The number of nitrogen functional groups attached to an aromatic ring is 1.